The number of aryl methyl sites for hydroxylation is 1. The Bertz CT molecular complexity index is 499. The van der Waals surface area contributed by atoms with Crippen molar-refractivity contribution in [2.75, 3.05) is 0 Å². The van der Waals surface area contributed by atoms with Crippen molar-refractivity contribution in [1.29, 1.82) is 0 Å². The van der Waals surface area contributed by atoms with Gasteiger partial charge in [-0.15, -0.1) is 0 Å². The maximum absolute atomic E-state index is 6.04. The van der Waals surface area contributed by atoms with Crippen LogP contribution >= 0.6 is 23.2 Å². The first kappa shape index (κ1) is 11.4. The molecule has 0 radical (unpaired) electrons. The molecule has 84 valence electrons. The standard InChI is InChI=1S/C11H10Cl2N2O/c1-3-7-9(12)14-11(15-10(7)13)8-4-5-16-6(8)2/h4-5H,3H2,1-2H3. The van der Waals surface area contributed by atoms with Gasteiger partial charge in [0.05, 0.1) is 11.8 Å². The Balaban J connectivity index is 2.57. The SMILES string of the molecule is CCc1c(Cl)nc(-c2ccoc2C)nc1Cl. The lowest BCUT2D eigenvalue weighted by Gasteiger charge is -2.05. The lowest BCUT2D eigenvalue weighted by atomic mass is 10.2. The van der Waals surface area contributed by atoms with E-state index in [1.165, 1.54) is 0 Å². The second-order valence-corrected chi connectivity index (χ2v) is 4.07. The van der Waals surface area contributed by atoms with Gasteiger partial charge in [-0.3, -0.25) is 0 Å². The second kappa shape index (κ2) is 4.44. The average Bonchev–Trinajstić information content (AvgIpc) is 2.64. The normalized spacial score (nSPS) is 10.8. The van der Waals surface area contributed by atoms with E-state index in [1.54, 1.807) is 12.3 Å². The van der Waals surface area contributed by atoms with Gasteiger partial charge in [0.15, 0.2) is 5.82 Å². The number of aromatic nitrogens is 2. The third kappa shape index (κ3) is 1.93. The molecular formula is C11H10Cl2N2O. The number of furan rings is 1. The number of rotatable bonds is 2. The van der Waals surface area contributed by atoms with Crippen LogP contribution in [-0.4, -0.2) is 9.97 Å². The van der Waals surface area contributed by atoms with Crippen LogP contribution in [0.4, 0.5) is 0 Å². The van der Waals surface area contributed by atoms with E-state index in [4.69, 9.17) is 27.6 Å². The third-order valence-corrected chi connectivity index (χ3v) is 2.98. The van der Waals surface area contributed by atoms with Crippen LogP contribution in [-0.2, 0) is 6.42 Å². The predicted octanol–water partition coefficient (Wildman–Crippen LogP) is 3.91. The fraction of sp³-hybridized carbons (Fsp3) is 0.273. The quantitative estimate of drug-likeness (QED) is 0.765. The lowest BCUT2D eigenvalue weighted by molar-refractivity contribution is 0.535. The molecule has 5 heteroatoms. The van der Waals surface area contributed by atoms with Crippen molar-refractivity contribution in [3.05, 3.63) is 34.0 Å². The first-order valence-corrected chi connectivity index (χ1v) is 5.65. The van der Waals surface area contributed by atoms with Crippen LogP contribution in [0.25, 0.3) is 11.4 Å². The minimum absolute atomic E-state index is 0.401. The van der Waals surface area contributed by atoms with E-state index in [2.05, 4.69) is 9.97 Å². The zero-order valence-electron chi connectivity index (χ0n) is 8.92. The van der Waals surface area contributed by atoms with Gasteiger partial charge in [0.2, 0.25) is 0 Å². The Kier molecular flexibility index (Phi) is 3.17. The van der Waals surface area contributed by atoms with Gasteiger partial charge < -0.3 is 4.42 Å². The number of hydrogen-bond acceptors (Lipinski definition) is 3. The molecular weight excluding hydrogens is 247 g/mol. The Morgan fingerprint density at radius 1 is 1.25 bits per heavy atom. The monoisotopic (exact) mass is 256 g/mol. The molecule has 0 fully saturated rings. The van der Waals surface area contributed by atoms with Gasteiger partial charge >= 0.3 is 0 Å². The van der Waals surface area contributed by atoms with Crippen molar-refractivity contribution in [2.24, 2.45) is 0 Å². The second-order valence-electron chi connectivity index (χ2n) is 3.35. The van der Waals surface area contributed by atoms with Crippen LogP contribution in [0, 0.1) is 6.92 Å². The fourth-order valence-corrected chi connectivity index (χ4v) is 2.11. The zero-order valence-corrected chi connectivity index (χ0v) is 10.4. The molecule has 2 rings (SSSR count). The summed E-state index contributed by atoms with van der Waals surface area (Å²) in [4.78, 5) is 8.44. The molecule has 0 saturated carbocycles. The van der Waals surface area contributed by atoms with Gasteiger partial charge in [-0.05, 0) is 19.4 Å². The maximum Gasteiger partial charge on any atom is 0.166 e. The number of hydrogen-bond donors (Lipinski definition) is 0. The molecule has 0 spiro atoms. The smallest absolute Gasteiger partial charge is 0.166 e. The Morgan fingerprint density at radius 3 is 2.31 bits per heavy atom. The largest absolute Gasteiger partial charge is 0.469 e. The minimum atomic E-state index is 0.401. The van der Waals surface area contributed by atoms with E-state index in [-0.39, 0.29) is 0 Å². The minimum Gasteiger partial charge on any atom is -0.469 e. The van der Waals surface area contributed by atoms with Crippen molar-refractivity contribution < 1.29 is 4.42 Å². The van der Waals surface area contributed by atoms with E-state index in [0.29, 0.717) is 22.6 Å². The molecule has 2 heterocycles. The van der Waals surface area contributed by atoms with Crippen LogP contribution in [0.15, 0.2) is 16.7 Å². The topological polar surface area (TPSA) is 38.9 Å². The summed E-state index contributed by atoms with van der Waals surface area (Å²) < 4.78 is 5.19. The van der Waals surface area contributed by atoms with Crippen molar-refractivity contribution in [2.45, 2.75) is 20.3 Å². The van der Waals surface area contributed by atoms with Gasteiger partial charge in [0, 0.05) is 5.56 Å². The highest BCUT2D eigenvalue weighted by atomic mass is 35.5. The summed E-state index contributed by atoms with van der Waals surface area (Å²) >= 11 is 12.1. The summed E-state index contributed by atoms with van der Waals surface area (Å²) in [6, 6.07) is 1.79. The Hall–Kier alpha value is -1.06. The summed E-state index contributed by atoms with van der Waals surface area (Å²) in [5.74, 6) is 1.25. The molecule has 0 aliphatic heterocycles. The predicted molar refractivity (Wildman–Crippen MR) is 63.9 cm³/mol. The van der Waals surface area contributed by atoms with Crippen molar-refractivity contribution in [3.8, 4) is 11.4 Å². The van der Waals surface area contributed by atoms with Gasteiger partial charge in [-0.2, -0.15) is 0 Å². The molecule has 16 heavy (non-hydrogen) atoms. The van der Waals surface area contributed by atoms with E-state index >= 15 is 0 Å². The summed E-state index contributed by atoms with van der Waals surface area (Å²) in [6.07, 6.45) is 2.30. The average molecular weight is 257 g/mol. The molecule has 2 aromatic rings. The molecule has 0 aliphatic carbocycles. The highest BCUT2D eigenvalue weighted by molar-refractivity contribution is 6.34. The number of nitrogens with zero attached hydrogens (tertiary/aromatic N) is 2. The highest BCUT2D eigenvalue weighted by Gasteiger charge is 2.13. The van der Waals surface area contributed by atoms with Gasteiger partial charge in [-0.1, -0.05) is 30.1 Å². The van der Waals surface area contributed by atoms with Gasteiger partial charge in [-0.25, -0.2) is 9.97 Å². The van der Waals surface area contributed by atoms with E-state index in [1.807, 2.05) is 13.8 Å². The molecule has 0 atom stereocenters. The van der Waals surface area contributed by atoms with E-state index in [0.717, 1.165) is 16.9 Å². The lowest BCUT2D eigenvalue weighted by Crippen LogP contribution is -1.96. The molecule has 0 unspecified atom stereocenters. The molecule has 2 aromatic heterocycles. The Labute approximate surface area is 103 Å². The molecule has 0 aliphatic rings. The molecule has 0 aromatic carbocycles. The molecule has 0 saturated heterocycles. The van der Waals surface area contributed by atoms with Gasteiger partial charge in [0.1, 0.15) is 16.1 Å². The third-order valence-electron chi connectivity index (χ3n) is 2.36. The van der Waals surface area contributed by atoms with E-state index < -0.39 is 0 Å². The molecule has 0 amide bonds. The summed E-state index contributed by atoms with van der Waals surface area (Å²) in [5, 5.41) is 0.802. The molecule has 3 nitrogen and oxygen atoms in total. The molecule has 0 bridgehead atoms. The van der Waals surface area contributed by atoms with Crippen molar-refractivity contribution in [1.82, 2.24) is 9.97 Å². The summed E-state index contributed by atoms with van der Waals surface area (Å²) in [5.41, 5.74) is 1.58. The Morgan fingerprint density at radius 2 is 1.88 bits per heavy atom. The summed E-state index contributed by atoms with van der Waals surface area (Å²) in [7, 11) is 0. The maximum atomic E-state index is 6.04. The number of halogens is 2. The van der Waals surface area contributed by atoms with Crippen LogP contribution in [0.1, 0.15) is 18.2 Å². The highest BCUT2D eigenvalue weighted by Crippen LogP contribution is 2.27. The van der Waals surface area contributed by atoms with Crippen molar-refractivity contribution in [3.63, 3.8) is 0 Å². The first-order valence-electron chi connectivity index (χ1n) is 4.89. The van der Waals surface area contributed by atoms with Crippen LogP contribution in [0.3, 0.4) is 0 Å². The summed E-state index contributed by atoms with van der Waals surface area (Å²) in [6.45, 7) is 3.80. The first-order chi connectivity index (χ1) is 7.63. The zero-order chi connectivity index (χ0) is 11.7. The van der Waals surface area contributed by atoms with Crippen LogP contribution < -0.4 is 0 Å². The van der Waals surface area contributed by atoms with Crippen LogP contribution in [0.2, 0.25) is 10.3 Å². The van der Waals surface area contributed by atoms with Gasteiger partial charge in [0.25, 0.3) is 0 Å². The van der Waals surface area contributed by atoms with Crippen LogP contribution in [0.5, 0.6) is 0 Å². The fourth-order valence-electron chi connectivity index (χ4n) is 1.46. The van der Waals surface area contributed by atoms with Crippen molar-refractivity contribution >= 4 is 23.2 Å². The molecule has 0 N–H and O–H groups in total. The van der Waals surface area contributed by atoms with E-state index in [9.17, 15) is 0 Å².